The van der Waals surface area contributed by atoms with E-state index in [-0.39, 0.29) is 10.6 Å². The van der Waals surface area contributed by atoms with Crippen molar-refractivity contribution in [2.45, 2.75) is 11.2 Å². The van der Waals surface area contributed by atoms with E-state index < -0.39 is 0 Å². The molecule has 3 rings (SSSR count). The highest BCUT2D eigenvalue weighted by molar-refractivity contribution is 9.11. The number of hydrogen-bond acceptors (Lipinski definition) is 2. The van der Waals surface area contributed by atoms with Crippen LogP contribution in [0.2, 0.25) is 0 Å². The van der Waals surface area contributed by atoms with Crippen LogP contribution in [-0.4, -0.2) is 4.98 Å². The second-order valence-corrected chi connectivity index (χ2v) is 7.46. The van der Waals surface area contributed by atoms with Crippen LogP contribution in [0.4, 0.5) is 4.39 Å². The Morgan fingerprint density at radius 3 is 2.70 bits per heavy atom. The lowest BCUT2D eigenvalue weighted by Gasteiger charge is -2.11. The Labute approximate surface area is 137 Å². The summed E-state index contributed by atoms with van der Waals surface area (Å²) in [6.07, 6.45) is 0.666. The number of para-hydroxylation sites is 1. The third-order valence-electron chi connectivity index (χ3n) is 3.00. The second kappa shape index (κ2) is 5.92. The van der Waals surface area contributed by atoms with Gasteiger partial charge in [-0.25, -0.2) is 9.37 Å². The first-order chi connectivity index (χ1) is 9.65. The third-order valence-corrected chi connectivity index (χ3v) is 5.54. The zero-order chi connectivity index (χ0) is 14.1. The first kappa shape index (κ1) is 14.2. The number of rotatable bonds is 3. The number of fused-ring (bicyclic) bond motifs is 1. The lowest BCUT2D eigenvalue weighted by Crippen LogP contribution is -1.99. The van der Waals surface area contributed by atoms with Crippen molar-refractivity contribution in [1.29, 1.82) is 0 Å². The molecule has 1 nitrogen and oxygen atoms in total. The maximum absolute atomic E-state index is 13.9. The summed E-state index contributed by atoms with van der Waals surface area (Å²) in [6, 6.07) is 13.1. The van der Waals surface area contributed by atoms with Crippen LogP contribution in [0.3, 0.4) is 0 Å². The molecule has 2 aromatic carbocycles. The van der Waals surface area contributed by atoms with Crippen molar-refractivity contribution >= 4 is 53.4 Å². The molecule has 1 heterocycles. The van der Waals surface area contributed by atoms with Gasteiger partial charge in [-0.1, -0.05) is 50.1 Å². The summed E-state index contributed by atoms with van der Waals surface area (Å²) in [7, 11) is 0. The van der Waals surface area contributed by atoms with Crippen LogP contribution >= 0.6 is 43.2 Å². The highest BCUT2D eigenvalue weighted by atomic mass is 79.9. The molecule has 0 bridgehead atoms. The Balaban J connectivity index is 1.90. The lowest BCUT2D eigenvalue weighted by molar-refractivity contribution is 0.606. The van der Waals surface area contributed by atoms with Crippen LogP contribution in [0.5, 0.6) is 0 Å². The molecule has 0 aliphatic carbocycles. The summed E-state index contributed by atoms with van der Waals surface area (Å²) >= 11 is 8.64. The van der Waals surface area contributed by atoms with Gasteiger partial charge in [0.1, 0.15) is 5.82 Å². The first-order valence-corrected chi connectivity index (χ1v) is 8.60. The Hall–Kier alpha value is -0.780. The van der Waals surface area contributed by atoms with Crippen molar-refractivity contribution in [3.63, 3.8) is 0 Å². The van der Waals surface area contributed by atoms with Gasteiger partial charge in [0.05, 0.1) is 15.2 Å². The molecule has 0 aliphatic heterocycles. The van der Waals surface area contributed by atoms with Crippen molar-refractivity contribution < 1.29 is 4.39 Å². The van der Waals surface area contributed by atoms with E-state index in [2.05, 4.69) is 42.9 Å². The molecule has 0 saturated carbocycles. The highest BCUT2D eigenvalue weighted by Crippen LogP contribution is 2.36. The van der Waals surface area contributed by atoms with Gasteiger partial charge in [0, 0.05) is 21.3 Å². The van der Waals surface area contributed by atoms with Crippen molar-refractivity contribution in [3.8, 4) is 0 Å². The lowest BCUT2D eigenvalue weighted by atomic mass is 10.1. The molecule has 20 heavy (non-hydrogen) atoms. The van der Waals surface area contributed by atoms with Crippen molar-refractivity contribution in [3.05, 3.63) is 63.3 Å². The van der Waals surface area contributed by atoms with E-state index >= 15 is 0 Å². The molecular weight excluding hydrogens is 405 g/mol. The average Bonchev–Trinajstić information content (AvgIpc) is 2.80. The van der Waals surface area contributed by atoms with Gasteiger partial charge in [-0.2, -0.15) is 0 Å². The Bertz CT molecular complexity index is 703. The minimum atomic E-state index is -0.206. The molecule has 0 amide bonds. The number of alkyl halides is 1. The summed E-state index contributed by atoms with van der Waals surface area (Å²) in [6.45, 7) is 0. The van der Waals surface area contributed by atoms with Crippen molar-refractivity contribution in [1.82, 2.24) is 4.98 Å². The molecule has 0 N–H and O–H groups in total. The molecule has 3 aromatic rings. The van der Waals surface area contributed by atoms with Crippen LogP contribution in [0.1, 0.15) is 15.4 Å². The molecule has 0 fully saturated rings. The number of nitrogens with zero attached hydrogens (tertiary/aromatic N) is 1. The minimum absolute atomic E-state index is 0.0985. The van der Waals surface area contributed by atoms with Gasteiger partial charge in [0.15, 0.2) is 0 Å². The van der Waals surface area contributed by atoms with Crippen molar-refractivity contribution in [2.24, 2.45) is 0 Å². The Morgan fingerprint density at radius 2 is 1.95 bits per heavy atom. The van der Waals surface area contributed by atoms with Crippen molar-refractivity contribution in [2.75, 3.05) is 0 Å². The van der Waals surface area contributed by atoms with Gasteiger partial charge < -0.3 is 0 Å². The maximum atomic E-state index is 13.9. The molecule has 1 atom stereocenters. The van der Waals surface area contributed by atoms with E-state index in [0.29, 0.717) is 12.0 Å². The predicted molar refractivity (Wildman–Crippen MR) is 89.1 cm³/mol. The average molecular weight is 415 g/mol. The fourth-order valence-corrected chi connectivity index (χ4v) is 5.00. The van der Waals surface area contributed by atoms with Gasteiger partial charge in [-0.05, 0) is 24.3 Å². The monoisotopic (exact) mass is 413 g/mol. The first-order valence-electron chi connectivity index (χ1n) is 6.07. The van der Waals surface area contributed by atoms with Gasteiger partial charge in [0.25, 0.3) is 0 Å². The number of thiazole rings is 1. The van der Waals surface area contributed by atoms with Crippen LogP contribution in [0.25, 0.3) is 10.2 Å². The standard InChI is InChI=1S/C15H10Br2FNS/c16-9-4-3-5-11(18)15(9)10(17)8-14-19-12-6-1-2-7-13(12)20-14/h1-7,10H,8H2. The molecule has 1 aromatic heterocycles. The minimum Gasteiger partial charge on any atom is -0.241 e. The van der Waals surface area contributed by atoms with E-state index in [1.165, 1.54) is 6.07 Å². The summed E-state index contributed by atoms with van der Waals surface area (Å²) < 4.78 is 15.9. The molecule has 0 saturated heterocycles. The van der Waals surface area contributed by atoms with E-state index in [1.807, 2.05) is 24.3 Å². The number of halogens is 3. The predicted octanol–water partition coefficient (Wildman–Crippen LogP) is 5.88. The van der Waals surface area contributed by atoms with Gasteiger partial charge in [-0.3, -0.25) is 0 Å². The molecule has 0 aliphatic rings. The van der Waals surface area contributed by atoms with Crippen LogP contribution in [0.15, 0.2) is 46.9 Å². The van der Waals surface area contributed by atoms with E-state index in [0.717, 1.165) is 19.7 Å². The normalized spacial score (nSPS) is 12.8. The molecule has 1 unspecified atom stereocenters. The zero-order valence-corrected chi connectivity index (χ0v) is 14.3. The fourth-order valence-electron chi connectivity index (χ4n) is 2.07. The summed E-state index contributed by atoms with van der Waals surface area (Å²) in [5.74, 6) is -0.206. The van der Waals surface area contributed by atoms with Crippen LogP contribution in [0, 0.1) is 5.82 Å². The summed E-state index contributed by atoms with van der Waals surface area (Å²) in [5.41, 5.74) is 1.64. The van der Waals surface area contributed by atoms with E-state index in [4.69, 9.17) is 0 Å². The van der Waals surface area contributed by atoms with Crippen LogP contribution in [-0.2, 0) is 6.42 Å². The van der Waals surface area contributed by atoms with Gasteiger partial charge in [0.2, 0.25) is 0 Å². The molecule has 0 spiro atoms. The molecule has 5 heteroatoms. The Kier molecular flexibility index (Phi) is 4.19. The quantitative estimate of drug-likeness (QED) is 0.488. The van der Waals surface area contributed by atoms with Gasteiger partial charge in [-0.15, -0.1) is 11.3 Å². The number of hydrogen-bond donors (Lipinski definition) is 0. The smallest absolute Gasteiger partial charge is 0.128 e. The molecular formula is C15H10Br2FNS. The van der Waals surface area contributed by atoms with Gasteiger partial charge >= 0.3 is 0 Å². The SMILES string of the molecule is Fc1cccc(Br)c1C(Br)Cc1nc2ccccc2s1. The largest absolute Gasteiger partial charge is 0.241 e. The fraction of sp³-hybridized carbons (Fsp3) is 0.133. The number of aromatic nitrogens is 1. The molecule has 0 radical (unpaired) electrons. The van der Waals surface area contributed by atoms with Crippen LogP contribution < -0.4 is 0 Å². The molecule has 102 valence electrons. The third kappa shape index (κ3) is 2.80. The highest BCUT2D eigenvalue weighted by Gasteiger charge is 2.18. The Morgan fingerprint density at radius 1 is 1.15 bits per heavy atom. The zero-order valence-electron chi connectivity index (χ0n) is 10.3. The topological polar surface area (TPSA) is 12.9 Å². The maximum Gasteiger partial charge on any atom is 0.128 e. The van der Waals surface area contributed by atoms with E-state index in [1.54, 1.807) is 17.4 Å². The number of benzene rings is 2. The summed E-state index contributed by atoms with van der Waals surface area (Å²) in [4.78, 5) is 4.49. The van der Waals surface area contributed by atoms with E-state index in [9.17, 15) is 4.39 Å². The second-order valence-electron chi connectivity index (χ2n) is 4.38. The summed E-state index contributed by atoms with van der Waals surface area (Å²) in [5, 5.41) is 1.00.